The van der Waals surface area contributed by atoms with Crippen molar-refractivity contribution in [1.82, 2.24) is 0 Å². The molecule has 10 nitrogen and oxygen atoms in total. The van der Waals surface area contributed by atoms with Gasteiger partial charge in [-0.05, 0) is 19.1 Å². The molecule has 0 spiro atoms. The first-order chi connectivity index (χ1) is 12.0. The third-order valence-corrected chi connectivity index (χ3v) is 8.68. The summed E-state index contributed by atoms with van der Waals surface area (Å²) in [5.74, 6) is 0. The van der Waals surface area contributed by atoms with Gasteiger partial charge >= 0.3 is 0 Å². The van der Waals surface area contributed by atoms with E-state index in [4.69, 9.17) is 0 Å². The van der Waals surface area contributed by atoms with Gasteiger partial charge in [0.15, 0.2) is 24.3 Å². The average Bonchev–Trinajstić information content (AvgIpc) is 2.61. The second kappa shape index (κ2) is 6.80. The van der Waals surface area contributed by atoms with E-state index in [1.807, 2.05) is 0 Å². The second-order valence-electron chi connectivity index (χ2n) is 5.17. The molecule has 0 fully saturated rings. The molecule has 2 aromatic carbocycles. The molecule has 2 aromatic rings. The van der Waals surface area contributed by atoms with Crippen molar-refractivity contribution in [1.29, 1.82) is 0 Å². The van der Waals surface area contributed by atoms with E-state index in [1.165, 1.54) is 0 Å². The number of rotatable bonds is 6. The Morgan fingerprint density at radius 3 is 1.42 bits per heavy atom. The number of nitrogens with zero attached hydrogens (tertiary/aromatic N) is 2. The summed E-state index contributed by atoms with van der Waals surface area (Å²) >= 11 is 0. The van der Waals surface area contributed by atoms with Gasteiger partial charge in [-0.15, -0.1) is 0 Å². The van der Waals surface area contributed by atoms with Crippen molar-refractivity contribution in [3.05, 3.63) is 68.8 Å². The van der Waals surface area contributed by atoms with E-state index in [9.17, 15) is 37.1 Å². The number of nitro groups is 2. The fourth-order valence-corrected chi connectivity index (χ4v) is 5.97. The summed E-state index contributed by atoms with van der Waals surface area (Å²) < 4.78 is 48.4. The van der Waals surface area contributed by atoms with Crippen molar-refractivity contribution in [2.24, 2.45) is 0 Å². The molecule has 0 saturated heterocycles. The van der Waals surface area contributed by atoms with Crippen molar-refractivity contribution >= 4 is 31.0 Å². The minimum Gasteiger partial charge on any atom is -0.258 e. The minimum atomic E-state index is -4.50. The van der Waals surface area contributed by atoms with Crippen LogP contribution in [0.5, 0.6) is 0 Å². The molecule has 26 heavy (non-hydrogen) atoms. The first-order valence-corrected chi connectivity index (χ1v) is 10.0. The quantitative estimate of drug-likeness (QED) is 0.527. The van der Waals surface area contributed by atoms with Gasteiger partial charge in [0.25, 0.3) is 11.4 Å². The molecule has 0 heterocycles. The van der Waals surface area contributed by atoms with Crippen molar-refractivity contribution in [3.8, 4) is 0 Å². The van der Waals surface area contributed by atoms with E-state index in [0.717, 1.165) is 55.5 Å². The average molecular weight is 400 g/mol. The second-order valence-corrected chi connectivity index (χ2v) is 10.0. The Morgan fingerprint density at radius 1 is 0.769 bits per heavy atom. The molecule has 12 heteroatoms. The van der Waals surface area contributed by atoms with Crippen LogP contribution in [0, 0.1) is 20.2 Å². The molecular weight excluding hydrogens is 388 g/mol. The fourth-order valence-electron chi connectivity index (χ4n) is 2.10. The Balaban J connectivity index is 2.54. The predicted octanol–water partition coefficient (Wildman–Crippen LogP) is 2.10. The molecule has 0 saturated carbocycles. The van der Waals surface area contributed by atoms with E-state index < -0.39 is 55.3 Å². The molecular formula is C14H12N2O8S2. The fraction of sp³-hybridized carbons (Fsp3) is 0.143. The zero-order chi connectivity index (χ0) is 19.7. The van der Waals surface area contributed by atoms with Gasteiger partial charge in [-0.3, -0.25) is 20.2 Å². The third-order valence-electron chi connectivity index (χ3n) is 3.59. The third kappa shape index (κ3) is 3.55. The molecule has 138 valence electrons. The lowest BCUT2D eigenvalue weighted by atomic mass is 10.3. The monoisotopic (exact) mass is 400 g/mol. The predicted molar refractivity (Wildman–Crippen MR) is 90.0 cm³/mol. The molecule has 0 aliphatic heterocycles. The van der Waals surface area contributed by atoms with Crippen LogP contribution >= 0.6 is 0 Å². The summed E-state index contributed by atoms with van der Waals surface area (Å²) in [7, 11) is -8.99. The number of benzene rings is 2. The van der Waals surface area contributed by atoms with E-state index >= 15 is 0 Å². The maximum atomic E-state index is 12.6. The number of nitro benzene ring substituents is 2. The summed E-state index contributed by atoms with van der Waals surface area (Å²) in [5.41, 5.74) is -1.02. The Kier molecular flexibility index (Phi) is 5.09. The SMILES string of the molecule is CC(S(=O)(=O)c1cccc([N+](=O)[O-])c1)S(=O)(=O)c1cccc([N+](=O)[O-])c1. The van der Waals surface area contributed by atoms with Crippen molar-refractivity contribution < 1.29 is 26.7 Å². The standard InChI is InChI=1S/C14H12N2O8S2/c1-10(25(21,22)13-6-2-4-11(8-13)15(17)18)26(23,24)14-7-3-5-12(9-14)16(19)20/h2-10H,1H3. The van der Waals surface area contributed by atoms with E-state index in [1.54, 1.807) is 0 Å². The Bertz CT molecular complexity index is 1010. The first kappa shape index (κ1) is 19.5. The molecule has 0 atom stereocenters. The number of hydrogen-bond acceptors (Lipinski definition) is 8. The topological polar surface area (TPSA) is 155 Å². The summed E-state index contributed by atoms with van der Waals surface area (Å²) in [6.07, 6.45) is 0. The molecule has 0 aliphatic carbocycles. The smallest absolute Gasteiger partial charge is 0.258 e. The Morgan fingerprint density at radius 2 is 1.12 bits per heavy atom. The van der Waals surface area contributed by atoms with Crippen LogP contribution in [0.1, 0.15) is 6.92 Å². The lowest BCUT2D eigenvalue weighted by molar-refractivity contribution is -0.385. The molecule has 0 unspecified atom stereocenters. The van der Waals surface area contributed by atoms with Gasteiger partial charge in [0.05, 0.1) is 19.6 Å². The normalized spacial score (nSPS) is 12.1. The summed E-state index contributed by atoms with van der Waals surface area (Å²) in [5, 5.41) is 21.6. The number of non-ortho nitro benzene ring substituents is 2. The zero-order valence-electron chi connectivity index (χ0n) is 13.2. The largest absolute Gasteiger partial charge is 0.270 e. The van der Waals surface area contributed by atoms with Crippen LogP contribution in [0.25, 0.3) is 0 Å². The molecule has 0 aromatic heterocycles. The van der Waals surface area contributed by atoms with Crippen molar-refractivity contribution in [3.63, 3.8) is 0 Å². The van der Waals surface area contributed by atoms with Gasteiger partial charge in [-0.2, -0.15) is 0 Å². The zero-order valence-corrected chi connectivity index (χ0v) is 14.8. The summed E-state index contributed by atoms with van der Waals surface area (Å²) in [6, 6.07) is 7.99. The highest BCUT2D eigenvalue weighted by Crippen LogP contribution is 2.28. The summed E-state index contributed by atoms with van der Waals surface area (Å²) in [4.78, 5) is 18.9. The van der Waals surface area contributed by atoms with Crippen LogP contribution in [0.3, 0.4) is 0 Å². The van der Waals surface area contributed by atoms with Crippen LogP contribution in [0.15, 0.2) is 58.3 Å². The highest BCUT2D eigenvalue weighted by atomic mass is 32.3. The van der Waals surface area contributed by atoms with Crippen LogP contribution in [-0.2, 0) is 19.7 Å². The van der Waals surface area contributed by atoms with Gasteiger partial charge in [0.1, 0.15) is 0 Å². The van der Waals surface area contributed by atoms with E-state index in [0.29, 0.717) is 0 Å². The Labute approximate surface area is 148 Å². The number of hydrogen-bond donors (Lipinski definition) is 0. The van der Waals surface area contributed by atoms with Gasteiger partial charge < -0.3 is 0 Å². The van der Waals surface area contributed by atoms with Gasteiger partial charge in [-0.1, -0.05) is 12.1 Å². The Hall–Kier alpha value is -2.86. The molecule has 0 amide bonds. The van der Waals surface area contributed by atoms with Crippen LogP contribution < -0.4 is 0 Å². The lowest BCUT2D eigenvalue weighted by Crippen LogP contribution is -2.28. The number of sulfone groups is 2. The summed E-state index contributed by atoms with van der Waals surface area (Å²) in [6.45, 7) is 0.905. The van der Waals surface area contributed by atoms with E-state index in [2.05, 4.69) is 0 Å². The molecule has 0 N–H and O–H groups in total. The van der Waals surface area contributed by atoms with Gasteiger partial charge in [-0.25, -0.2) is 16.8 Å². The molecule has 0 radical (unpaired) electrons. The molecule has 0 bridgehead atoms. The lowest BCUT2D eigenvalue weighted by Gasteiger charge is -2.14. The maximum absolute atomic E-state index is 12.6. The van der Waals surface area contributed by atoms with Gasteiger partial charge in [0, 0.05) is 24.3 Å². The van der Waals surface area contributed by atoms with Crippen LogP contribution in [0.2, 0.25) is 0 Å². The first-order valence-electron chi connectivity index (χ1n) is 6.94. The van der Waals surface area contributed by atoms with Crippen molar-refractivity contribution in [2.75, 3.05) is 0 Å². The minimum absolute atomic E-state index is 0.508. The highest BCUT2D eigenvalue weighted by molar-refractivity contribution is 8.09. The van der Waals surface area contributed by atoms with Crippen LogP contribution in [-0.4, -0.2) is 31.3 Å². The highest BCUT2D eigenvalue weighted by Gasteiger charge is 2.37. The maximum Gasteiger partial charge on any atom is 0.270 e. The van der Waals surface area contributed by atoms with Gasteiger partial charge in [0.2, 0.25) is 0 Å². The van der Waals surface area contributed by atoms with E-state index in [-0.39, 0.29) is 0 Å². The molecule has 2 rings (SSSR count). The van der Waals surface area contributed by atoms with Crippen LogP contribution in [0.4, 0.5) is 11.4 Å². The van der Waals surface area contributed by atoms with Crippen molar-refractivity contribution in [2.45, 2.75) is 21.3 Å². The molecule has 0 aliphatic rings.